The first-order chi connectivity index (χ1) is 8.50. The zero-order valence-corrected chi connectivity index (χ0v) is 11.0. The van der Waals surface area contributed by atoms with Gasteiger partial charge in [0.05, 0.1) is 4.47 Å². The normalized spacial score (nSPS) is 23.9. The Morgan fingerprint density at radius 3 is 2.78 bits per heavy atom. The van der Waals surface area contributed by atoms with Crippen molar-refractivity contribution < 1.29 is 18.7 Å². The number of nitrogens with one attached hydrogen (secondary N) is 1. The minimum Gasteiger partial charge on any atom is -0.480 e. The Balaban J connectivity index is 2.31. The molecule has 0 aliphatic carbocycles. The van der Waals surface area contributed by atoms with E-state index in [0.717, 1.165) is 0 Å². The molecule has 2 unspecified atom stereocenters. The van der Waals surface area contributed by atoms with Crippen LogP contribution in [0.4, 0.5) is 8.78 Å². The number of benzene rings is 1. The Morgan fingerprint density at radius 2 is 2.11 bits per heavy atom. The molecule has 2 N–H and O–H groups in total. The van der Waals surface area contributed by atoms with Gasteiger partial charge < -0.3 is 5.11 Å². The van der Waals surface area contributed by atoms with E-state index in [4.69, 9.17) is 5.11 Å². The van der Waals surface area contributed by atoms with Crippen LogP contribution in [0.2, 0.25) is 0 Å². The fourth-order valence-corrected chi connectivity index (χ4v) is 2.57. The molecule has 0 bridgehead atoms. The first kappa shape index (κ1) is 13.4. The summed E-state index contributed by atoms with van der Waals surface area (Å²) in [5.74, 6) is -2.31. The van der Waals surface area contributed by atoms with Crippen molar-refractivity contribution in [3.8, 4) is 0 Å². The topological polar surface area (TPSA) is 49.3 Å². The maximum absolute atomic E-state index is 13.9. The van der Waals surface area contributed by atoms with Gasteiger partial charge in [-0.15, -0.1) is 0 Å². The first-order valence-corrected chi connectivity index (χ1v) is 6.42. The van der Waals surface area contributed by atoms with Crippen LogP contribution >= 0.6 is 15.9 Å². The van der Waals surface area contributed by atoms with Crippen molar-refractivity contribution in [3.63, 3.8) is 0 Å². The lowest BCUT2D eigenvalue weighted by molar-refractivity contribution is -0.140. The Kier molecular flexibility index (Phi) is 3.97. The zero-order chi connectivity index (χ0) is 13.3. The van der Waals surface area contributed by atoms with Gasteiger partial charge in [0.25, 0.3) is 0 Å². The molecule has 0 amide bonds. The molecule has 0 aromatic heterocycles. The quantitative estimate of drug-likeness (QED) is 0.824. The molecule has 1 heterocycles. The van der Waals surface area contributed by atoms with Crippen molar-refractivity contribution >= 4 is 21.9 Å². The van der Waals surface area contributed by atoms with Crippen LogP contribution in [0, 0.1) is 11.6 Å². The van der Waals surface area contributed by atoms with Crippen LogP contribution in [-0.4, -0.2) is 17.1 Å². The lowest BCUT2D eigenvalue weighted by atomic mass is 9.93. The number of hydrogen-bond donors (Lipinski definition) is 2. The van der Waals surface area contributed by atoms with Gasteiger partial charge in [0.2, 0.25) is 0 Å². The maximum Gasteiger partial charge on any atom is 0.320 e. The fraction of sp³-hybridized carbons (Fsp3) is 0.417. The maximum atomic E-state index is 13.9. The number of halogens is 3. The average Bonchev–Trinajstić information content (AvgIpc) is 2.35. The third-order valence-electron chi connectivity index (χ3n) is 3.11. The summed E-state index contributed by atoms with van der Waals surface area (Å²) in [6, 6.07) is 1.12. The van der Waals surface area contributed by atoms with E-state index in [-0.39, 0.29) is 10.0 Å². The standard InChI is InChI=1S/C12H12BrF2NO2/c13-6-4-5-7(14)10(11(6)15)8-2-1-3-9(16-8)12(17)18/h4-5,8-9,16H,1-3H2,(H,17,18). The molecular weight excluding hydrogens is 308 g/mol. The number of piperidine rings is 1. The van der Waals surface area contributed by atoms with Gasteiger partial charge in [-0.25, -0.2) is 8.78 Å². The Morgan fingerprint density at radius 1 is 1.39 bits per heavy atom. The molecule has 0 spiro atoms. The van der Waals surface area contributed by atoms with Crippen molar-refractivity contribution in [2.45, 2.75) is 31.3 Å². The molecule has 0 saturated carbocycles. The summed E-state index contributed by atoms with van der Waals surface area (Å²) in [4.78, 5) is 10.9. The van der Waals surface area contributed by atoms with E-state index in [9.17, 15) is 13.6 Å². The summed E-state index contributed by atoms with van der Waals surface area (Å²) in [5.41, 5.74) is -0.0877. The molecule has 1 aliphatic rings. The smallest absolute Gasteiger partial charge is 0.320 e. The third-order valence-corrected chi connectivity index (χ3v) is 3.73. The third kappa shape index (κ3) is 2.54. The zero-order valence-electron chi connectivity index (χ0n) is 9.42. The summed E-state index contributed by atoms with van der Waals surface area (Å²) in [7, 11) is 0. The van der Waals surface area contributed by atoms with Gasteiger partial charge in [-0.3, -0.25) is 10.1 Å². The van der Waals surface area contributed by atoms with Crippen LogP contribution in [0.1, 0.15) is 30.9 Å². The minimum atomic E-state index is -0.990. The van der Waals surface area contributed by atoms with Gasteiger partial charge in [-0.05, 0) is 47.3 Å². The molecule has 18 heavy (non-hydrogen) atoms. The average molecular weight is 320 g/mol. The molecule has 1 aliphatic heterocycles. The molecule has 6 heteroatoms. The van der Waals surface area contributed by atoms with Gasteiger partial charge in [0.15, 0.2) is 0 Å². The van der Waals surface area contributed by atoms with E-state index in [1.54, 1.807) is 0 Å². The number of rotatable bonds is 2. The van der Waals surface area contributed by atoms with Crippen LogP contribution in [0.15, 0.2) is 16.6 Å². The largest absolute Gasteiger partial charge is 0.480 e. The van der Waals surface area contributed by atoms with Crippen LogP contribution in [0.25, 0.3) is 0 Å². The van der Waals surface area contributed by atoms with Crippen molar-refractivity contribution in [2.24, 2.45) is 0 Å². The Hall–Kier alpha value is -1.01. The molecule has 1 saturated heterocycles. The second-order valence-corrected chi connectivity index (χ2v) is 5.15. The second kappa shape index (κ2) is 5.32. The predicted molar refractivity (Wildman–Crippen MR) is 65.2 cm³/mol. The number of carboxylic acid groups (broad SMARTS) is 1. The lowest BCUT2D eigenvalue weighted by Gasteiger charge is -2.29. The van der Waals surface area contributed by atoms with E-state index in [1.807, 2.05) is 0 Å². The number of carboxylic acids is 1. The number of aliphatic carboxylic acids is 1. The molecule has 3 nitrogen and oxygen atoms in total. The highest BCUT2D eigenvalue weighted by Gasteiger charge is 2.30. The van der Waals surface area contributed by atoms with Crippen LogP contribution in [-0.2, 0) is 4.79 Å². The monoisotopic (exact) mass is 319 g/mol. The van der Waals surface area contributed by atoms with Crippen molar-refractivity contribution in [3.05, 3.63) is 33.8 Å². The highest BCUT2D eigenvalue weighted by atomic mass is 79.9. The molecule has 98 valence electrons. The Labute approximate surface area is 111 Å². The van der Waals surface area contributed by atoms with Crippen LogP contribution in [0.5, 0.6) is 0 Å². The second-order valence-electron chi connectivity index (χ2n) is 4.30. The van der Waals surface area contributed by atoms with E-state index >= 15 is 0 Å². The van der Waals surface area contributed by atoms with E-state index < -0.39 is 29.7 Å². The van der Waals surface area contributed by atoms with Gasteiger partial charge >= 0.3 is 5.97 Å². The van der Waals surface area contributed by atoms with Gasteiger partial charge in [-0.2, -0.15) is 0 Å². The number of carbonyl (C=O) groups is 1. The van der Waals surface area contributed by atoms with E-state index in [1.165, 1.54) is 12.1 Å². The summed E-state index contributed by atoms with van der Waals surface area (Å²) >= 11 is 3.01. The summed E-state index contributed by atoms with van der Waals surface area (Å²) in [6.45, 7) is 0. The van der Waals surface area contributed by atoms with Gasteiger partial charge in [0.1, 0.15) is 17.7 Å². The molecule has 2 atom stereocenters. The SMILES string of the molecule is O=C(O)C1CCCC(c2c(F)ccc(Br)c2F)N1. The summed E-state index contributed by atoms with van der Waals surface area (Å²) in [5, 5.41) is 11.7. The number of hydrogen-bond acceptors (Lipinski definition) is 2. The van der Waals surface area contributed by atoms with E-state index in [2.05, 4.69) is 21.2 Å². The molecule has 1 aromatic carbocycles. The fourth-order valence-electron chi connectivity index (χ4n) is 2.22. The first-order valence-electron chi connectivity index (χ1n) is 5.63. The van der Waals surface area contributed by atoms with Gasteiger partial charge in [-0.1, -0.05) is 0 Å². The highest BCUT2D eigenvalue weighted by molar-refractivity contribution is 9.10. The van der Waals surface area contributed by atoms with Crippen LogP contribution in [0.3, 0.4) is 0 Å². The van der Waals surface area contributed by atoms with Crippen LogP contribution < -0.4 is 5.32 Å². The van der Waals surface area contributed by atoms with Crippen molar-refractivity contribution in [1.29, 1.82) is 0 Å². The molecular formula is C12H12BrF2NO2. The summed E-state index contributed by atoms with van der Waals surface area (Å²) in [6.07, 6.45) is 1.62. The Bertz CT molecular complexity index is 481. The van der Waals surface area contributed by atoms with Crippen molar-refractivity contribution in [2.75, 3.05) is 0 Å². The minimum absolute atomic E-state index is 0.0877. The van der Waals surface area contributed by atoms with Gasteiger partial charge in [0, 0.05) is 11.6 Å². The molecule has 1 aromatic rings. The molecule has 2 rings (SSSR count). The predicted octanol–water partition coefficient (Wildman–Crippen LogP) is 3.00. The molecule has 0 radical (unpaired) electrons. The highest BCUT2D eigenvalue weighted by Crippen LogP contribution is 2.32. The summed E-state index contributed by atoms with van der Waals surface area (Å²) < 4.78 is 27.8. The lowest BCUT2D eigenvalue weighted by Crippen LogP contribution is -2.42. The molecule has 1 fully saturated rings. The van der Waals surface area contributed by atoms with Crippen molar-refractivity contribution in [1.82, 2.24) is 5.32 Å². The van der Waals surface area contributed by atoms with E-state index in [0.29, 0.717) is 19.3 Å².